The lowest BCUT2D eigenvalue weighted by Gasteiger charge is -2.46. The van der Waals surface area contributed by atoms with Crippen molar-refractivity contribution in [3.63, 3.8) is 0 Å². The molecule has 1 aromatic carbocycles. The minimum atomic E-state index is 0.280. The van der Waals surface area contributed by atoms with E-state index in [-0.39, 0.29) is 5.41 Å². The zero-order valence-electron chi connectivity index (χ0n) is 13.2. The predicted octanol–water partition coefficient (Wildman–Crippen LogP) is 2.69. The lowest BCUT2D eigenvalue weighted by molar-refractivity contribution is 0.0342. The van der Waals surface area contributed by atoms with Crippen LogP contribution in [0.25, 0.3) is 0 Å². The van der Waals surface area contributed by atoms with Gasteiger partial charge in [-0.05, 0) is 11.0 Å². The van der Waals surface area contributed by atoms with Crippen LogP contribution in [-0.4, -0.2) is 44.3 Å². The highest BCUT2D eigenvalue weighted by Gasteiger charge is 2.35. The molecule has 0 bridgehead atoms. The number of rotatable bonds is 4. The van der Waals surface area contributed by atoms with E-state index in [1.807, 2.05) is 0 Å². The second-order valence-electron chi connectivity index (χ2n) is 6.74. The predicted molar refractivity (Wildman–Crippen MR) is 83.9 cm³/mol. The van der Waals surface area contributed by atoms with Crippen LogP contribution in [0.15, 0.2) is 30.3 Å². The van der Waals surface area contributed by atoms with Crippen LogP contribution in [0.2, 0.25) is 0 Å². The van der Waals surface area contributed by atoms with Crippen molar-refractivity contribution in [1.82, 2.24) is 10.2 Å². The number of methoxy groups -OCH3 is 1. The number of ether oxygens (including phenoxy) is 1. The van der Waals surface area contributed by atoms with Crippen LogP contribution in [0.5, 0.6) is 0 Å². The molecule has 0 aromatic heterocycles. The standard InChI is InChI=1S/C17H28N2O/c1-17(2,3)16-12-18-15(13-19(16)10-11-20-4)14-8-6-5-7-9-14/h5-9,15-16,18H,10-13H2,1-4H3. The van der Waals surface area contributed by atoms with Crippen molar-refractivity contribution in [2.24, 2.45) is 5.41 Å². The Morgan fingerprint density at radius 1 is 1.25 bits per heavy atom. The normalized spacial score (nSPS) is 24.8. The lowest BCUT2D eigenvalue weighted by Crippen LogP contribution is -2.58. The highest BCUT2D eigenvalue weighted by molar-refractivity contribution is 5.20. The summed E-state index contributed by atoms with van der Waals surface area (Å²) < 4.78 is 5.28. The summed E-state index contributed by atoms with van der Waals surface area (Å²) in [5.74, 6) is 0. The van der Waals surface area contributed by atoms with Gasteiger partial charge in [0, 0.05) is 38.8 Å². The Kier molecular flexibility index (Phi) is 5.19. The smallest absolute Gasteiger partial charge is 0.0589 e. The van der Waals surface area contributed by atoms with E-state index in [1.165, 1.54) is 5.56 Å². The maximum Gasteiger partial charge on any atom is 0.0589 e. The number of benzene rings is 1. The molecule has 0 spiro atoms. The van der Waals surface area contributed by atoms with Gasteiger partial charge in [-0.25, -0.2) is 0 Å². The number of nitrogens with one attached hydrogen (secondary N) is 1. The highest BCUT2D eigenvalue weighted by Crippen LogP contribution is 2.29. The van der Waals surface area contributed by atoms with Gasteiger partial charge >= 0.3 is 0 Å². The van der Waals surface area contributed by atoms with Crippen molar-refractivity contribution in [1.29, 1.82) is 0 Å². The SMILES string of the molecule is COCCN1CC(c2ccccc2)NCC1C(C)(C)C. The summed E-state index contributed by atoms with van der Waals surface area (Å²) in [4.78, 5) is 2.58. The molecule has 2 unspecified atom stereocenters. The monoisotopic (exact) mass is 276 g/mol. The summed E-state index contributed by atoms with van der Waals surface area (Å²) in [7, 11) is 1.78. The second kappa shape index (κ2) is 6.70. The molecule has 0 aliphatic carbocycles. The third kappa shape index (κ3) is 3.81. The number of piperazine rings is 1. The minimum absolute atomic E-state index is 0.280. The molecule has 3 heteroatoms. The molecule has 1 saturated heterocycles. The Hall–Kier alpha value is -0.900. The molecule has 1 aromatic rings. The van der Waals surface area contributed by atoms with Crippen LogP contribution in [0.4, 0.5) is 0 Å². The average Bonchev–Trinajstić information content (AvgIpc) is 2.44. The van der Waals surface area contributed by atoms with Gasteiger partial charge < -0.3 is 10.1 Å². The summed E-state index contributed by atoms with van der Waals surface area (Å²) in [6, 6.07) is 11.7. The van der Waals surface area contributed by atoms with Gasteiger partial charge in [0.1, 0.15) is 0 Å². The fraction of sp³-hybridized carbons (Fsp3) is 0.647. The Labute approximate surface area is 123 Å². The fourth-order valence-electron chi connectivity index (χ4n) is 3.03. The molecule has 0 radical (unpaired) electrons. The van der Waals surface area contributed by atoms with E-state index in [0.29, 0.717) is 12.1 Å². The molecule has 3 nitrogen and oxygen atoms in total. The first kappa shape index (κ1) is 15.5. The van der Waals surface area contributed by atoms with E-state index in [4.69, 9.17) is 4.74 Å². The van der Waals surface area contributed by atoms with Crippen molar-refractivity contribution in [2.75, 3.05) is 33.4 Å². The molecule has 1 aliphatic rings. The molecule has 0 saturated carbocycles. The lowest BCUT2D eigenvalue weighted by atomic mass is 9.83. The zero-order valence-corrected chi connectivity index (χ0v) is 13.2. The van der Waals surface area contributed by atoms with E-state index < -0.39 is 0 Å². The van der Waals surface area contributed by atoms with Gasteiger partial charge in [-0.15, -0.1) is 0 Å². The van der Waals surface area contributed by atoms with Crippen LogP contribution in [0, 0.1) is 5.41 Å². The fourth-order valence-corrected chi connectivity index (χ4v) is 3.03. The molecule has 2 rings (SSSR count). The van der Waals surface area contributed by atoms with Crippen LogP contribution < -0.4 is 5.32 Å². The molecule has 20 heavy (non-hydrogen) atoms. The molecule has 2 atom stereocenters. The van der Waals surface area contributed by atoms with Gasteiger partial charge in [-0.2, -0.15) is 0 Å². The molecule has 1 N–H and O–H groups in total. The van der Waals surface area contributed by atoms with Crippen molar-refractivity contribution in [2.45, 2.75) is 32.9 Å². The molecule has 1 fully saturated rings. The van der Waals surface area contributed by atoms with Crippen LogP contribution >= 0.6 is 0 Å². The van der Waals surface area contributed by atoms with Gasteiger partial charge in [0.15, 0.2) is 0 Å². The third-order valence-corrected chi connectivity index (χ3v) is 4.20. The molecule has 1 heterocycles. The first-order chi connectivity index (χ1) is 9.52. The maximum atomic E-state index is 5.28. The summed E-state index contributed by atoms with van der Waals surface area (Å²) >= 11 is 0. The summed E-state index contributed by atoms with van der Waals surface area (Å²) in [6.07, 6.45) is 0. The van der Waals surface area contributed by atoms with Gasteiger partial charge in [0.25, 0.3) is 0 Å². The van der Waals surface area contributed by atoms with Crippen molar-refractivity contribution < 1.29 is 4.74 Å². The summed E-state index contributed by atoms with van der Waals surface area (Å²) in [5, 5.41) is 3.72. The Morgan fingerprint density at radius 3 is 2.55 bits per heavy atom. The van der Waals surface area contributed by atoms with Crippen molar-refractivity contribution in [3.05, 3.63) is 35.9 Å². The van der Waals surface area contributed by atoms with Gasteiger partial charge in [0.2, 0.25) is 0 Å². The van der Waals surface area contributed by atoms with Crippen LogP contribution in [0.1, 0.15) is 32.4 Å². The highest BCUT2D eigenvalue weighted by atomic mass is 16.5. The van der Waals surface area contributed by atoms with Crippen LogP contribution in [0.3, 0.4) is 0 Å². The average molecular weight is 276 g/mol. The topological polar surface area (TPSA) is 24.5 Å². The van der Waals surface area contributed by atoms with Crippen molar-refractivity contribution in [3.8, 4) is 0 Å². The number of hydrogen-bond acceptors (Lipinski definition) is 3. The Bertz CT molecular complexity index is 399. The van der Waals surface area contributed by atoms with E-state index >= 15 is 0 Å². The quantitative estimate of drug-likeness (QED) is 0.915. The van der Waals surface area contributed by atoms with E-state index in [0.717, 1.165) is 26.2 Å². The Morgan fingerprint density at radius 2 is 1.95 bits per heavy atom. The van der Waals surface area contributed by atoms with Gasteiger partial charge in [-0.3, -0.25) is 4.90 Å². The summed E-state index contributed by atoms with van der Waals surface area (Å²) in [6.45, 7) is 10.9. The minimum Gasteiger partial charge on any atom is -0.383 e. The van der Waals surface area contributed by atoms with E-state index in [9.17, 15) is 0 Å². The maximum absolute atomic E-state index is 5.28. The number of hydrogen-bond donors (Lipinski definition) is 1. The van der Waals surface area contributed by atoms with E-state index in [2.05, 4.69) is 61.3 Å². The second-order valence-corrected chi connectivity index (χ2v) is 6.74. The Balaban J connectivity index is 2.09. The molecule has 1 aliphatic heterocycles. The molecular weight excluding hydrogens is 248 g/mol. The number of nitrogens with zero attached hydrogens (tertiary/aromatic N) is 1. The molecular formula is C17H28N2O. The first-order valence-corrected chi connectivity index (χ1v) is 7.53. The van der Waals surface area contributed by atoms with E-state index in [1.54, 1.807) is 7.11 Å². The first-order valence-electron chi connectivity index (χ1n) is 7.53. The van der Waals surface area contributed by atoms with Gasteiger partial charge in [0.05, 0.1) is 6.61 Å². The largest absolute Gasteiger partial charge is 0.383 e. The summed E-state index contributed by atoms with van der Waals surface area (Å²) in [5.41, 5.74) is 1.66. The van der Waals surface area contributed by atoms with Crippen LogP contribution in [-0.2, 0) is 4.74 Å². The molecule has 112 valence electrons. The van der Waals surface area contributed by atoms with Crippen molar-refractivity contribution >= 4 is 0 Å². The third-order valence-electron chi connectivity index (χ3n) is 4.20. The van der Waals surface area contributed by atoms with Gasteiger partial charge in [-0.1, -0.05) is 51.1 Å². The molecule has 0 amide bonds. The zero-order chi connectivity index (χ0) is 14.6.